The zero-order valence-corrected chi connectivity index (χ0v) is 10.3. The first-order valence-corrected chi connectivity index (χ1v) is 5.85. The Morgan fingerprint density at radius 1 is 1.40 bits per heavy atom. The smallest absolute Gasteiger partial charge is 0.336 e. The highest BCUT2D eigenvalue weighted by atomic mass is 79.9. The van der Waals surface area contributed by atoms with Gasteiger partial charge in [0.2, 0.25) is 0 Å². The Kier molecular flexibility index (Phi) is 4.83. The molecule has 4 heteroatoms. The number of esters is 1. The van der Waals surface area contributed by atoms with Crippen molar-refractivity contribution in [3.05, 3.63) is 21.6 Å². The first kappa shape index (κ1) is 12.3. The van der Waals surface area contributed by atoms with Crippen LogP contribution in [0.15, 0.2) is 10.2 Å². The van der Waals surface area contributed by atoms with E-state index in [0.29, 0.717) is 5.92 Å². The van der Waals surface area contributed by atoms with E-state index < -0.39 is 5.97 Å². The van der Waals surface area contributed by atoms with Crippen LogP contribution in [0.3, 0.4) is 0 Å². The van der Waals surface area contributed by atoms with Crippen molar-refractivity contribution in [2.45, 2.75) is 32.1 Å². The number of rotatable bonds is 2. The molecule has 0 amide bonds. The van der Waals surface area contributed by atoms with Crippen molar-refractivity contribution < 1.29 is 9.53 Å². The third-order valence-corrected chi connectivity index (χ3v) is 3.70. The van der Waals surface area contributed by atoms with E-state index in [1.54, 1.807) is 0 Å². The van der Waals surface area contributed by atoms with E-state index in [1.165, 1.54) is 26.4 Å². The maximum Gasteiger partial charge on any atom is 0.336 e. The highest BCUT2D eigenvalue weighted by Gasteiger charge is 2.23. The average molecular weight is 272 g/mol. The van der Waals surface area contributed by atoms with Crippen LogP contribution in [0, 0.1) is 12.5 Å². The molecule has 0 radical (unpaired) electrons. The van der Waals surface area contributed by atoms with Crippen LogP contribution in [-0.2, 0) is 9.53 Å². The van der Waals surface area contributed by atoms with Gasteiger partial charge in [0.25, 0.3) is 5.70 Å². The van der Waals surface area contributed by atoms with Crippen molar-refractivity contribution in [2.24, 2.45) is 5.92 Å². The van der Waals surface area contributed by atoms with Crippen LogP contribution in [0.4, 0.5) is 0 Å². The number of nitrogens with zero attached hydrogens (tertiary/aromatic N) is 1. The van der Waals surface area contributed by atoms with Crippen LogP contribution in [-0.4, -0.2) is 13.1 Å². The van der Waals surface area contributed by atoms with Crippen LogP contribution < -0.4 is 0 Å². The summed E-state index contributed by atoms with van der Waals surface area (Å²) in [5, 5.41) is 0. The molecule has 1 aliphatic carbocycles. The van der Waals surface area contributed by atoms with Gasteiger partial charge in [0.15, 0.2) is 0 Å². The Labute approximate surface area is 98.4 Å². The Bertz CT molecular complexity index is 311. The number of methoxy groups -OCH3 is 1. The molecule has 1 aliphatic rings. The lowest BCUT2D eigenvalue weighted by atomic mass is 9.88. The van der Waals surface area contributed by atoms with Gasteiger partial charge in [-0.15, -0.1) is 0 Å². The van der Waals surface area contributed by atoms with Crippen molar-refractivity contribution in [1.82, 2.24) is 0 Å². The quantitative estimate of drug-likeness (QED) is 0.439. The molecule has 1 saturated carbocycles. The predicted molar refractivity (Wildman–Crippen MR) is 61.1 cm³/mol. The van der Waals surface area contributed by atoms with E-state index >= 15 is 0 Å². The lowest BCUT2D eigenvalue weighted by Crippen LogP contribution is -2.11. The van der Waals surface area contributed by atoms with Crippen molar-refractivity contribution >= 4 is 21.9 Å². The monoisotopic (exact) mass is 271 g/mol. The SMILES string of the molecule is [C-]#[N+]/C(C(=O)OC)=C(\Br)C1CCCCC1. The normalized spacial score (nSPS) is 19.0. The fraction of sp³-hybridized carbons (Fsp3) is 0.636. The number of hydrogen-bond donors (Lipinski definition) is 0. The van der Waals surface area contributed by atoms with Crippen molar-refractivity contribution in [3.8, 4) is 0 Å². The molecule has 0 aromatic rings. The number of allylic oxidation sites excluding steroid dienone is 1. The van der Waals surface area contributed by atoms with Crippen molar-refractivity contribution in [2.75, 3.05) is 7.11 Å². The molecular weight excluding hydrogens is 258 g/mol. The summed E-state index contributed by atoms with van der Waals surface area (Å²) in [6, 6.07) is 0. The maximum absolute atomic E-state index is 11.3. The summed E-state index contributed by atoms with van der Waals surface area (Å²) in [4.78, 5) is 14.5. The van der Waals surface area contributed by atoms with Gasteiger partial charge in [0.1, 0.15) is 0 Å². The van der Waals surface area contributed by atoms with Gasteiger partial charge in [-0.1, -0.05) is 35.2 Å². The molecule has 0 atom stereocenters. The van der Waals surface area contributed by atoms with E-state index in [4.69, 9.17) is 6.57 Å². The highest BCUT2D eigenvalue weighted by Crippen LogP contribution is 2.35. The van der Waals surface area contributed by atoms with E-state index in [9.17, 15) is 4.79 Å². The number of carbonyl (C=O) groups is 1. The second-order valence-corrected chi connectivity index (χ2v) is 4.49. The lowest BCUT2D eigenvalue weighted by Gasteiger charge is -2.21. The van der Waals surface area contributed by atoms with Crippen LogP contribution >= 0.6 is 15.9 Å². The van der Waals surface area contributed by atoms with Crippen LogP contribution in [0.25, 0.3) is 4.85 Å². The van der Waals surface area contributed by atoms with Gasteiger partial charge in [0.05, 0.1) is 13.7 Å². The van der Waals surface area contributed by atoms with Crippen LogP contribution in [0.1, 0.15) is 32.1 Å². The lowest BCUT2D eigenvalue weighted by molar-refractivity contribution is -0.135. The molecule has 0 spiro atoms. The summed E-state index contributed by atoms with van der Waals surface area (Å²) in [6.45, 7) is 6.98. The molecule has 1 fully saturated rings. The molecular formula is C11H14BrNO2. The Morgan fingerprint density at radius 2 is 2.00 bits per heavy atom. The standard InChI is InChI=1S/C11H14BrNO2/c1-13-10(11(14)15-2)9(12)8-6-4-3-5-7-8/h8H,3-7H2,2H3/b10-9-. The summed E-state index contributed by atoms with van der Waals surface area (Å²) in [5.74, 6) is -0.218. The van der Waals surface area contributed by atoms with Crippen molar-refractivity contribution in [3.63, 3.8) is 0 Å². The molecule has 0 N–H and O–H groups in total. The minimum Gasteiger partial charge on any atom is -0.474 e. The third-order valence-electron chi connectivity index (χ3n) is 2.68. The minimum atomic E-state index is -0.539. The molecule has 0 heterocycles. The molecule has 0 aromatic carbocycles. The highest BCUT2D eigenvalue weighted by molar-refractivity contribution is 9.11. The second-order valence-electron chi connectivity index (χ2n) is 3.63. The van der Waals surface area contributed by atoms with E-state index in [2.05, 4.69) is 25.5 Å². The summed E-state index contributed by atoms with van der Waals surface area (Å²) < 4.78 is 5.30. The molecule has 82 valence electrons. The molecule has 0 saturated heterocycles. The zero-order chi connectivity index (χ0) is 11.3. The summed E-state index contributed by atoms with van der Waals surface area (Å²) in [6.07, 6.45) is 5.70. The van der Waals surface area contributed by atoms with Gasteiger partial charge in [-0.25, -0.2) is 4.85 Å². The van der Waals surface area contributed by atoms with E-state index in [0.717, 1.165) is 17.3 Å². The molecule has 15 heavy (non-hydrogen) atoms. The van der Waals surface area contributed by atoms with E-state index in [-0.39, 0.29) is 5.70 Å². The Morgan fingerprint density at radius 3 is 2.47 bits per heavy atom. The first-order chi connectivity index (χ1) is 7.20. The second kappa shape index (κ2) is 5.92. The number of carbonyl (C=O) groups excluding carboxylic acids is 1. The fourth-order valence-corrected chi connectivity index (χ4v) is 2.55. The molecule has 3 nitrogen and oxygen atoms in total. The third kappa shape index (κ3) is 3.07. The molecule has 1 rings (SSSR count). The molecule has 0 aliphatic heterocycles. The first-order valence-electron chi connectivity index (χ1n) is 5.06. The topological polar surface area (TPSA) is 30.7 Å². The van der Waals surface area contributed by atoms with Crippen LogP contribution in [0.5, 0.6) is 0 Å². The average Bonchev–Trinajstić information content (AvgIpc) is 2.30. The largest absolute Gasteiger partial charge is 0.474 e. The molecule has 0 unspecified atom stereocenters. The van der Waals surface area contributed by atoms with Gasteiger partial charge in [0, 0.05) is 4.48 Å². The van der Waals surface area contributed by atoms with Gasteiger partial charge in [-0.3, -0.25) is 4.79 Å². The summed E-state index contributed by atoms with van der Waals surface area (Å²) in [7, 11) is 1.30. The van der Waals surface area contributed by atoms with Gasteiger partial charge in [-0.05, 0) is 18.8 Å². The predicted octanol–water partition coefficient (Wildman–Crippen LogP) is 3.27. The number of halogens is 1. The number of ether oxygens (including phenoxy) is 1. The van der Waals surface area contributed by atoms with E-state index in [1.807, 2.05) is 0 Å². The summed E-state index contributed by atoms with van der Waals surface area (Å²) in [5.41, 5.74) is 0.101. The minimum absolute atomic E-state index is 0.101. The summed E-state index contributed by atoms with van der Waals surface area (Å²) >= 11 is 3.37. The molecule has 0 bridgehead atoms. The fourth-order valence-electron chi connectivity index (χ4n) is 1.84. The van der Waals surface area contributed by atoms with Gasteiger partial charge < -0.3 is 4.74 Å². The van der Waals surface area contributed by atoms with Crippen LogP contribution in [0.2, 0.25) is 0 Å². The van der Waals surface area contributed by atoms with Crippen molar-refractivity contribution in [1.29, 1.82) is 0 Å². The van der Waals surface area contributed by atoms with Gasteiger partial charge >= 0.3 is 5.97 Å². The zero-order valence-electron chi connectivity index (χ0n) is 8.75. The Balaban J connectivity index is 2.84. The Hall–Kier alpha value is -0.820. The maximum atomic E-state index is 11.3. The number of hydrogen-bond acceptors (Lipinski definition) is 2. The van der Waals surface area contributed by atoms with Gasteiger partial charge in [-0.2, -0.15) is 0 Å². The molecule has 0 aromatic heterocycles.